The lowest BCUT2D eigenvalue weighted by Gasteiger charge is -2.18. The minimum Gasteiger partial charge on any atom is -0.344 e. The average Bonchev–Trinajstić information content (AvgIpc) is 3.19. The van der Waals surface area contributed by atoms with E-state index in [2.05, 4.69) is 10.4 Å². The Hall–Kier alpha value is -2.43. The third kappa shape index (κ3) is 3.06. The number of hydrogen-bond donors (Lipinski definition) is 1. The Morgan fingerprint density at radius 2 is 2.08 bits per heavy atom. The van der Waals surface area contributed by atoms with Crippen molar-refractivity contribution in [1.29, 1.82) is 0 Å². The molecule has 0 bridgehead atoms. The van der Waals surface area contributed by atoms with Crippen LogP contribution in [0.3, 0.4) is 0 Å². The molecule has 0 aromatic carbocycles. The van der Waals surface area contributed by atoms with Crippen molar-refractivity contribution in [3.05, 3.63) is 34.0 Å². The molecule has 1 fully saturated rings. The summed E-state index contributed by atoms with van der Waals surface area (Å²) in [5.41, 5.74) is -1.35. The summed E-state index contributed by atoms with van der Waals surface area (Å²) < 4.78 is 54.3. The molecule has 1 aliphatic heterocycles. The van der Waals surface area contributed by atoms with Crippen LogP contribution in [0.2, 0.25) is 0 Å². The van der Waals surface area contributed by atoms with Crippen molar-refractivity contribution in [3.63, 3.8) is 0 Å². The topological polar surface area (TPSA) is 67.2 Å². The van der Waals surface area contributed by atoms with Crippen LogP contribution < -0.4 is 5.32 Å². The van der Waals surface area contributed by atoms with E-state index in [1.54, 1.807) is 0 Å². The highest BCUT2D eigenvalue weighted by Crippen LogP contribution is 2.41. The number of alkyl halides is 3. The number of halogens is 4. The molecule has 6 nitrogen and oxygen atoms in total. The van der Waals surface area contributed by atoms with Gasteiger partial charge >= 0.3 is 6.18 Å². The zero-order chi connectivity index (χ0) is 19.2. The highest BCUT2D eigenvalue weighted by Gasteiger charge is 2.49. The van der Waals surface area contributed by atoms with Gasteiger partial charge in [0, 0.05) is 32.1 Å². The molecular formula is C15H14F4N4O2S. The first kappa shape index (κ1) is 18.4. The van der Waals surface area contributed by atoms with Crippen LogP contribution in [0.4, 0.5) is 23.2 Å². The fraction of sp³-hybridized carbons (Fsp3) is 0.400. The summed E-state index contributed by atoms with van der Waals surface area (Å²) in [7, 11) is 2.54. The minimum atomic E-state index is -4.69. The number of rotatable bonds is 3. The Balaban J connectivity index is 1.97. The zero-order valence-electron chi connectivity index (χ0n) is 13.7. The molecule has 140 valence electrons. The van der Waals surface area contributed by atoms with Gasteiger partial charge in [0.1, 0.15) is 11.6 Å². The first-order chi connectivity index (χ1) is 12.1. The number of anilines is 1. The summed E-state index contributed by atoms with van der Waals surface area (Å²) in [5.74, 6) is -3.91. The van der Waals surface area contributed by atoms with Gasteiger partial charge in [-0.3, -0.25) is 14.3 Å². The molecule has 3 rings (SSSR count). The standard InChI is InChI=1S/C15H14F4N4O2S/c1-22-6-8(7-5-20-23(2)11(7)15(17,18)19)10(14(22)25)13(24)21-9-3-4-26-12(9)16/h3-5,8,10H,6H2,1-2H3,(H,21,24)/t8-,10+/m1/s1. The van der Waals surface area contributed by atoms with Gasteiger partial charge in [0.05, 0.1) is 11.9 Å². The second kappa shape index (κ2) is 6.38. The summed E-state index contributed by atoms with van der Waals surface area (Å²) in [5, 5.41) is 6.69. The number of hydrogen-bond acceptors (Lipinski definition) is 4. The van der Waals surface area contributed by atoms with Crippen LogP contribution in [0, 0.1) is 11.0 Å². The normalized spacial score (nSPS) is 20.7. The molecule has 11 heteroatoms. The predicted molar refractivity (Wildman–Crippen MR) is 85.0 cm³/mol. The molecule has 2 amide bonds. The minimum absolute atomic E-state index is 0.0716. The molecule has 26 heavy (non-hydrogen) atoms. The van der Waals surface area contributed by atoms with Gasteiger partial charge in [-0.15, -0.1) is 11.3 Å². The summed E-state index contributed by atoms with van der Waals surface area (Å²) in [6, 6.07) is 1.32. The maximum atomic E-state index is 13.6. The first-order valence-electron chi connectivity index (χ1n) is 7.49. The van der Waals surface area contributed by atoms with E-state index in [1.165, 1.54) is 23.4 Å². The summed E-state index contributed by atoms with van der Waals surface area (Å²) in [6.45, 7) is -0.0716. The average molecular weight is 390 g/mol. The van der Waals surface area contributed by atoms with Gasteiger partial charge in [0.15, 0.2) is 5.13 Å². The van der Waals surface area contributed by atoms with Crippen LogP contribution in [0.25, 0.3) is 0 Å². The predicted octanol–water partition coefficient (Wildman–Crippen LogP) is 2.45. The second-order valence-electron chi connectivity index (χ2n) is 5.97. The summed E-state index contributed by atoms with van der Waals surface area (Å²) in [6.07, 6.45) is -3.67. The van der Waals surface area contributed by atoms with Crippen LogP contribution >= 0.6 is 11.3 Å². The van der Waals surface area contributed by atoms with Crippen molar-refractivity contribution in [2.75, 3.05) is 18.9 Å². The molecule has 0 unspecified atom stereocenters. The third-order valence-electron chi connectivity index (χ3n) is 4.31. The van der Waals surface area contributed by atoms with E-state index in [9.17, 15) is 27.2 Å². The zero-order valence-corrected chi connectivity index (χ0v) is 14.5. The number of thiophene rings is 1. The monoisotopic (exact) mass is 390 g/mol. The van der Waals surface area contributed by atoms with Crippen molar-refractivity contribution >= 4 is 28.8 Å². The van der Waals surface area contributed by atoms with Gasteiger partial charge in [-0.2, -0.15) is 22.7 Å². The van der Waals surface area contributed by atoms with Crippen LogP contribution in [0.5, 0.6) is 0 Å². The van der Waals surface area contributed by atoms with Crippen LogP contribution in [-0.2, 0) is 22.8 Å². The van der Waals surface area contributed by atoms with Crippen molar-refractivity contribution < 1.29 is 27.2 Å². The van der Waals surface area contributed by atoms with Crippen molar-refractivity contribution in [2.45, 2.75) is 12.1 Å². The molecule has 1 aliphatic rings. The van der Waals surface area contributed by atoms with Crippen molar-refractivity contribution in [1.82, 2.24) is 14.7 Å². The van der Waals surface area contributed by atoms with E-state index in [1.807, 2.05) is 0 Å². The number of nitrogens with zero attached hydrogens (tertiary/aromatic N) is 3. The highest BCUT2D eigenvalue weighted by atomic mass is 32.1. The number of carbonyl (C=O) groups is 2. The molecule has 1 saturated heterocycles. The summed E-state index contributed by atoms with van der Waals surface area (Å²) in [4.78, 5) is 26.1. The van der Waals surface area contributed by atoms with Gasteiger partial charge in [-0.05, 0) is 11.4 Å². The Morgan fingerprint density at radius 1 is 1.38 bits per heavy atom. The quantitative estimate of drug-likeness (QED) is 0.647. The van der Waals surface area contributed by atoms with Crippen molar-refractivity contribution in [2.24, 2.45) is 13.0 Å². The Bertz CT molecular complexity index is 860. The third-order valence-corrected chi connectivity index (χ3v) is 5.01. The van der Waals surface area contributed by atoms with Gasteiger partial charge in [0.25, 0.3) is 0 Å². The van der Waals surface area contributed by atoms with E-state index in [0.29, 0.717) is 4.68 Å². The Kier molecular flexibility index (Phi) is 4.51. The molecule has 1 N–H and O–H groups in total. The van der Waals surface area contributed by atoms with Gasteiger partial charge < -0.3 is 10.2 Å². The Labute approximate surface area is 149 Å². The number of nitrogens with one attached hydrogen (secondary N) is 1. The number of amides is 2. The lowest BCUT2D eigenvalue weighted by Crippen LogP contribution is -2.33. The first-order valence-corrected chi connectivity index (χ1v) is 8.37. The SMILES string of the molecule is CN1C[C@H](c2cnn(C)c2C(F)(F)F)[C@@H](C(=O)Nc2ccsc2F)C1=O. The summed E-state index contributed by atoms with van der Waals surface area (Å²) >= 11 is 0.758. The smallest absolute Gasteiger partial charge is 0.344 e. The number of likely N-dealkylation sites (N-methyl/N-ethyl adjacent to an activating group) is 1. The molecular weight excluding hydrogens is 376 g/mol. The number of aromatic nitrogens is 2. The van der Waals surface area contributed by atoms with E-state index in [0.717, 1.165) is 24.6 Å². The Morgan fingerprint density at radius 3 is 2.65 bits per heavy atom. The van der Waals surface area contributed by atoms with Gasteiger partial charge in [-0.1, -0.05) is 0 Å². The number of likely N-dealkylation sites (tertiary alicyclic amines) is 1. The van der Waals surface area contributed by atoms with E-state index in [4.69, 9.17) is 0 Å². The van der Waals surface area contributed by atoms with E-state index >= 15 is 0 Å². The van der Waals surface area contributed by atoms with Crippen LogP contribution in [0.1, 0.15) is 17.2 Å². The van der Waals surface area contributed by atoms with Gasteiger partial charge in [-0.25, -0.2) is 0 Å². The maximum Gasteiger partial charge on any atom is 0.433 e. The highest BCUT2D eigenvalue weighted by molar-refractivity contribution is 7.08. The molecule has 3 heterocycles. The number of carbonyl (C=O) groups excluding carboxylic acids is 2. The molecule has 0 spiro atoms. The molecule has 0 saturated carbocycles. The van der Waals surface area contributed by atoms with E-state index in [-0.39, 0.29) is 17.8 Å². The van der Waals surface area contributed by atoms with E-state index < -0.39 is 40.7 Å². The van der Waals surface area contributed by atoms with Crippen molar-refractivity contribution in [3.8, 4) is 0 Å². The van der Waals surface area contributed by atoms with Gasteiger partial charge in [0.2, 0.25) is 11.8 Å². The lowest BCUT2D eigenvalue weighted by atomic mass is 9.87. The molecule has 2 aromatic heterocycles. The fourth-order valence-corrected chi connectivity index (χ4v) is 3.71. The number of aryl methyl sites for hydroxylation is 1. The molecule has 0 radical (unpaired) electrons. The molecule has 0 aliphatic carbocycles. The fourth-order valence-electron chi connectivity index (χ4n) is 3.14. The largest absolute Gasteiger partial charge is 0.433 e. The van der Waals surface area contributed by atoms with Crippen LogP contribution in [-0.4, -0.2) is 40.1 Å². The molecule has 2 aromatic rings. The maximum absolute atomic E-state index is 13.6. The lowest BCUT2D eigenvalue weighted by molar-refractivity contribution is -0.145. The van der Waals surface area contributed by atoms with Crippen LogP contribution in [0.15, 0.2) is 17.6 Å². The molecule has 2 atom stereocenters. The second-order valence-corrected chi connectivity index (χ2v) is 6.84.